The molecule has 194 valence electrons. The van der Waals surface area contributed by atoms with Gasteiger partial charge in [-0.3, -0.25) is 0 Å². The molecular formula is C27H36Cl2F3N3. The Morgan fingerprint density at radius 3 is 2.17 bits per heavy atom. The minimum atomic E-state index is -4.30. The molecule has 0 atom stereocenters. The van der Waals surface area contributed by atoms with Crippen molar-refractivity contribution in [3.8, 4) is 0 Å². The van der Waals surface area contributed by atoms with E-state index in [4.69, 9.17) is 5.73 Å². The zero-order valence-electron chi connectivity index (χ0n) is 20.0. The molecule has 4 rings (SSSR count). The van der Waals surface area contributed by atoms with Crippen LogP contribution in [-0.2, 0) is 12.7 Å². The minimum absolute atomic E-state index is 0. The molecule has 2 N–H and O–H groups in total. The molecule has 0 amide bonds. The Morgan fingerprint density at radius 2 is 1.51 bits per heavy atom. The average Bonchev–Trinajstić information content (AvgIpc) is 3.18. The van der Waals surface area contributed by atoms with Crippen LogP contribution in [0.1, 0.15) is 61.1 Å². The summed E-state index contributed by atoms with van der Waals surface area (Å²) in [5.74, 6) is 0.525. The highest BCUT2D eigenvalue weighted by molar-refractivity contribution is 5.86. The molecule has 1 aliphatic heterocycles. The van der Waals surface area contributed by atoms with Gasteiger partial charge in [-0.25, -0.2) is 0 Å². The third-order valence-corrected chi connectivity index (χ3v) is 6.91. The van der Waals surface area contributed by atoms with Crippen LogP contribution in [0.15, 0.2) is 54.7 Å². The second kappa shape index (κ2) is 13.5. The van der Waals surface area contributed by atoms with Crippen molar-refractivity contribution in [1.29, 1.82) is 0 Å². The molecule has 0 spiro atoms. The predicted octanol–water partition coefficient (Wildman–Crippen LogP) is 7.25. The van der Waals surface area contributed by atoms with Crippen molar-refractivity contribution in [2.75, 3.05) is 26.2 Å². The summed E-state index contributed by atoms with van der Waals surface area (Å²) in [5, 5.41) is 1.27. The van der Waals surface area contributed by atoms with Crippen LogP contribution in [0, 0.1) is 0 Å². The number of piperidine rings is 1. The number of nitrogens with two attached hydrogens (primary N) is 1. The number of benzene rings is 2. The molecule has 0 unspecified atom stereocenters. The molecule has 1 fully saturated rings. The molecule has 3 aromatic rings. The summed E-state index contributed by atoms with van der Waals surface area (Å²) in [6, 6.07) is 13.9. The van der Waals surface area contributed by atoms with E-state index in [1.54, 1.807) is 12.1 Å². The maximum atomic E-state index is 12.9. The molecule has 3 nitrogen and oxygen atoms in total. The van der Waals surface area contributed by atoms with Crippen LogP contribution in [0.4, 0.5) is 13.2 Å². The number of aromatic nitrogens is 1. The van der Waals surface area contributed by atoms with E-state index in [9.17, 15) is 13.2 Å². The lowest BCUT2D eigenvalue weighted by molar-refractivity contribution is -0.137. The van der Waals surface area contributed by atoms with Gasteiger partial charge in [0.15, 0.2) is 0 Å². The van der Waals surface area contributed by atoms with Crippen LogP contribution in [0.5, 0.6) is 0 Å². The van der Waals surface area contributed by atoms with Gasteiger partial charge in [0.2, 0.25) is 0 Å². The van der Waals surface area contributed by atoms with Crippen LogP contribution >= 0.6 is 24.8 Å². The summed E-state index contributed by atoms with van der Waals surface area (Å²) in [6.45, 7) is 4.78. The van der Waals surface area contributed by atoms with E-state index < -0.39 is 11.7 Å². The van der Waals surface area contributed by atoms with Gasteiger partial charge in [-0.05, 0) is 87.1 Å². The van der Waals surface area contributed by atoms with Gasteiger partial charge in [0.05, 0.1) is 5.56 Å². The van der Waals surface area contributed by atoms with Crippen LogP contribution in [0.3, 0.4) is 0 Å². The number of fused-ring (bicyclic) bond motifs is 1. The lowest BCUT2D eigenvalue weighted by Gasteiger charge is -2.32. The number of likely N-dealkylation sites (tertiary alicyclic amines) is 1. The van der Waals surface area contributed by atoms with Gasteiger partial charge >= 0.3 is 6.18 Å². The minimum Gasteiger partial charge on any atom is -0.343 e. The first kappa shape index (κ1) is 29.5. The van der Waals surface area contributed by atoms with Crippen LogP contribution in [-0.4, -0.2) is 35.6 Å². The highest BCUT2D eigenvalue weighted by Crippen LogP contribution is 2.35. The molecule has 2 aromatic carbocycles. The fraction of sp³-hybridized carbons (Fsp3) is 0.481. The van der Waals surface area contributed by atoms with E-state index in [-0.39, 0.29) is 24.8 Å². The smallest absolute Gasteiger partial charge is 0.343 e. The Labute approximate surface area is 218 Å². The zero-order chi connectivity index (χ0) is 23.3. The first-order valence-electron chi connectivity index (χ1n) is 12.1. The molecule has 1 saturated heterocycles. The van der Waals surface area contributed by atoms with Gasteiger partial charge in [0.1, 0.15) is 0 Å². The van der Waals surface area contributed by atoms with Gasteiger partial charge < -0.3 is 15.2 Å². The summed E-state index contributed by atoms with van der Waals surface area (Å²) >= 11 is 0. The van der Waals surface area contributed by atoms with Gasteiger partial charge in [0, 0.05) is 23.6 Å². The maximum Gasteiger partial charge on any atom is 0.416 e. The van der Waals surface area contributed by atoms with Crippen LogP contribution in [0.2, 0.25) is 0 Å². The van der Waals surface area contributed by atoms with E-state index in [1.165, 1.54) is 48.9 Å². The van der Waals surface area contributed by atoms with Crippen molar-refractivity contribution in [1.82, 2.24) is 9.47 Å². The van der Waals surface area contributed by atoms with Crippen LogP contribution in [0.25, 0.3) is 10.9 Å². The molecule has 0 saturated carbocycles. The first-order chi connectivity index (χ1) is 16.0. The number of halogens is 5. The fourth-order valence-corrected chi connectivity index (χ4v) is 5.03. The van der Waals surface area contributed by atoms with Gasteiger partial charge in [0.25, 0.3) is 0 Å². The van der Waals surface area contributed by atoms with E-state index >= 15 is 0 Å². The standard InChI is InChI=1S/C27H34F3N3.2ClH/c28-27(29,30)23-11-9-21(10-12-23)19-33-20-25(24-7-3-4-8-26(24)33)22-13-17-32(18-14-22)16-6-2-1-5-15-31;;/h3-4,7-12,20,22H,1-2,5-6,13-19,31H2;2*1H. The largest absolute Gasteiger partial charge is 0.416 e. The molecule has 8 heteroatoms. The molecule has 0 bridgehead atoms. The average molecular weight is 531 g/mol. The molecule has 1 aromatic heterocycles. The van der Waals surface area contributed by atoms with Gasteiger partial charge in [-0.15, -0.1) is 24.8 Å². The highest BCUT2D eigenvalue weighted by Gasteiger charge is 2.30. The predicted molar refractivity (Wildman–Crippen MR) is 143 cm³/mol. The fourth-order valence-electron chi connectivity index (χ4n) is 5.03. The summed E-state index contributed by atoms with van der Waals surface area (Å²) in [5.41, 5.74) is 8.37. The SMILES string of the molecule is Cl.Cl.NCCCCCCN1CCC(c2cn(Cc3ccc(C(F)(F)F)cc3)c3ccccc23)CC1. The molecule has 35 heavy (non-hydrogen) atoms. The summed E-state index contributed by atoms with van der Waals surface area (Å²) in [6.07, 6.45) is 5.09. The normalized spacial score (nSPS) is 15.1. The number of alkyl halides is 3. The monoisotopic (exact) mass is 529 g/mol. The molecule has 2 heterocycles. The third kappa shape index (κ3) is 7.63. The second-order valence-corrected chi connectivity index (χ2v) is 9.24. The second-order valence-electron chi connectivity index (χ2n) is 9.24. The van der Waals surface area contributed by atoms with Crippen molar-refractivity contribution in [3.63, 3.8) is 0 Å². The number of unbranched alkanes of at least 4 members (excludes halogenated alkanes) is 3. The lowest BCUT2D eigenvalue weighted by atomic mass is 9.89. The Bertz CT molecular complexity index is 1030. The third-order valence-electron chi connectivity index (χ3n) is 6.91. The van der Waals surface area contributed by atoms with E-state index in [1.807, 2.05) is 6.07 Å². The van der Waals surface area contributed by atoms with Crippen LogP contribution < -0.4 is 5.73 Å². The molecule has 1 aliphatic rings. The van der Waals surface area contributed by atoms with Crippen molar-refractivity contribution in [2.45, 2.75) is 57.2 Å². The summed E-state index contributed by atoms with van der Waals surface area (Å²) < 4.78 is 40.9. The zero-order valence-corrected chi connectivity index (χ0v) is 21.6. The Hall–Kier alpha value is -1.73. The summed E-state index contributed by atoms with van der Waals surface area (Å²) in [7, 11) is 0. The number of hydrogen-bond donors (Lipinski definition) is 1. The maximum absolute atomic E-state index is 12.9. The van der Waals surface area contributed by atoms with Crippen molar-refractivity contribution < 1.29 is 13.2 Å². The molecule has 0 radical (unpaired) electrons. The Morgan fingerprint density at radius 1 is 0.857 bits per heavy atom. The molecule has 0 aliphatic carbocycles. The lowest BCUT2D eigenvalue weighted by Crippen LogP contribution is -2.33. The van der Waals surface area contributed by atoms with E-state index in [0.717, 1.165) is 50.0 Å². The number of para-hydroxylation sites is 1. The summed E-state index contributed by atoms with van der Waals surface area (Å²) in [4.78, 5) is 2.58. The van der Waals surface area contributed by atoms with Gasteiger partial charge in [-0.2, -0.15) is 13.2 Å². The first-order valence-corrected chi connectivity index (χ1v) is 12.1. The van der Waals surface area contributed by atoms with Gasteiger partial charge in [-0.1, -0.05) is 43.2 Å². The van der Waals surface area contributed by atoms with Crippen molar-refractivity contribution >= 4 is 35.7 Å². The van der Waals surface area contributed by atoms with Crippen molar-refractivity contribution in [2.24, 2.45) is 5.73 Å². The van der Waals surface area contributed by atoms with E-state index in [0.29, 0.717) is 12.5 Å². The number of nitrogens with zero attached hydrogens (tertiary/aromatic N) is 2. The van der Waals surface area contributed by atoms with Crippen molar-refractivity contribution in [3.05, 3.63) is 71.4 Å². The number of rotatable bonds is 9. The molecular weight excluding hydrogens is 494 g/mol. The number of hydrogen-bond acceptors (Lipinski definition) is 2. The van der Waals surface area contributed by atoms with E-state index in [2.05, 4.69) is 33.9 Å². The Kier molecular flexibility index (Phi) is 11.4. The topological polar surface area (TPSA) is 34.2 Å². The Balaban J connectivity index is 0.00000216. The highest BCUT2D eigenvalue weighted by atomic mass is 35.5. The quantitative estimate of drug-likeness (QED) is 0.296.